The molecule has 0 bridgehead atoms. The van der Waals surface area contributed by atoms with Gasteiger partial charge in [0.2, 0.25) is 16.6 Å². The molecule has 0 heterocycles. The van der Waals surface area contributed by atoms with Crippen LogP contribution in [0.1, 0.15) is 40.0 Å². The van der Waals surface area contributed by atoms with Crippen LogP contribution in [0.4, 0.5) is 0 Å². The van der Waals surface area contributed by atoms with Crippen molar-refractivity contribution in [2.24, 2.45) is 0 Å². The van der Waals surface area contributed by atoms with Gasteiger partial charge in [-0.2, -0.15) is 0 Å². The van der Waals surface area contributed by atoms with E-state index in [4.69, 9.17) is 18.7 Å². The van der Waals surface area contributed by atoms with Gasteiger partial charge in [-0.05, 0) is 90.3 Å². The van der Waals surface area contributed by atoms with E-state index in [-0.39, 0.29) is 7.43 Å². The molecular formula is C30H44O5Si2. The fourth-order valence-electron chi connectivity index (χ4n) is 3.69. The van der Waals surface area contributed by atoms with Gasteiger partial charge in [-0.15, -0.1) is 0 Å². The number of rotatable bonds is 9. The third-order valence-corrected chi connectivity index (χ3v) is 11.3. The summed E-state index contributed by atoms with van der Waals surface area (Å²) in [4.78, 5) is 10.5. The molecular weight excluding hydrogens is 496 g/mol. The standard InChI is InChI=1S/C20H30O3Si2.C9H10O2.CH4/c1-17-7-11-19(12-8-17)21-15-24(3,4)23-25(5,6)16-22-20-13-9-18(2)10-14-20;1-6-3-7(2)5-8(4-6)9(10)11;/h7-14H,15-16H2,1-6H3;3-5H,1-2H3,(H,10,11);1H4. The van der Waals surface area contributed by atoms with Gasteiger partial charge < -0.3 is 18.7 Å². The summed E-state index contributed by atoms with van der Waals surface area (Å²) in [6, 6.07) is 21.6. The first kappa shape index (κ1) is 32.2. The van der Waals surface area contributed by atoms with Gasteiger partial charge in [0.25, 0.3) is 0 Å². The molecule has 0 saturated carbocycles. The first-order valence-electron chi connectivity index (χ1n) is 12.2. The van der Waals surface area contributed by atoms with Crippen molar-refractivity contribution in [1.29, 1.82) is 0 Å². The monoisotopic (exact) mass is 540 g/mol. The van der Waals surface area contributed by atoms with Gasteiger partial charge in [0.15, 0.2) is 0 Å². The average Bonchev–Trinajstić information content (AvgIpc) is 2.77. The summed E-state index contributed by atoms with van der Waals surface area (Å²) in [5.74, 6) is 0.951. The second kappa shape index (κ2) is 14.2. The molecule has 3 aromatic carbocycles. The van der Waals surface area contributed by atoms with Crippen LogP contribution < -0.4 is 9.47 Å². The summed E-state index contributed by atoms with van der Waals surface area (Å²) in [7, 11) is -3.85. The SMILES string of the molecule is C.Cc1cc(C)cc(C(=O)O)c1.Cc1ccc(OC[Si](C)(C)O[Si](C)(C)COc2ccc(C)cc2)cc1. The van der Waals surface area contributed by atoms with Gasteiger partial charge in [-0.25, -0.2) is 4.79 Å². The fourth-order valence-corrected chi connectivity index (χ4v) is 11.2. The lowest BCUT2D eigenvalue weighted by Crippen LogP contribution is -2.51. The second-order valence-corrected chi connectivity index (χ2v) is 18.9. The van der Waals surface area contributed by atoms with Crippen molar-refractivity contribution in [3.05, 3.63) is 94.5 Å². The summed E-state index contributed by atoms with van der Waals surface area (Å²) in [5.41, 5.74) is 4.82. The van der Waals surface area contributed by atoms with Crippen LogP contribution in [-0.4, -0.2) is 40.2 Å². The van der Waals surface area contributed by atoms with E-state index in [1.165, 1.54) is 11.1 Å². The van der Waals surface area contributed by atoms with Gasteiger partial charge in [0, 0.05) is 0 Å². The van der Waals surface area contributed by atoms with Gasteiger partial charge in [-0.1, -0.05) is 60.0 Å². The Kier molecular flexibility index (Phi) is 12.3. The molecule has 0 radical (unpaired) electrons. The van der Waals surface area contributed by atoms with E-state index in [1.54, 1.807) is 12.1 Å². The van der Waals surface area contributed by atoms with E-state index in [1.807, 2.05) is 44.2 Å². The number of carboxylic acid groups (broad SMARTS) is 1. The van der Waals surface area contributed by atoms with Crippen LogP contribution >= 0.6 is 0 Å². The van der Waals surface area contributed by atoms with Crippen molar-refractivity contribution in [1.82, 2.24) is 0 Å². The lowest BCUT2D eigenvalue weighted by Gasteiger charge is -2.33. The number of carboxylic acids is 1. The maximum Gasteiger partial charge on any atom is 0.335 e. The zero-order chi connectivity index (χ0) is 26.9. The smallest absolute Gasteiger partial charge is 0.335 e. The lowest BCUT2D eigenvalue weighted by atomic mass is 10.1. The first-order valence-corrected chi connectivity index (χ1v) is 18.4. The zero-order valence-corrected chi connectivity index (χ0v) is 24.8. The molecule has 3 rings (SSSR count). The Balaban J connectivity index is 0.000000479. The number of benzene rings is 3. The number of carbonyl (C=O) groups is 1. The van der Waals surface area contributed by atoms with Gasteiger partial charge in [0.1, 0.15) is 24.0 Å². The summed E-state index contributed by atoms with van der Waals surface area (Å²) < 4.78 is 18.5. The van der Waals surface area contributed by atoms with E-state index in [0.717, 1.165) is 22.6 Å². The number of aromatic carboxylic acids is 1. The minimum Gasteiger partial charge on any atom is -0.494 e. The highest BCUT2D eigenvalue weighted by molar-refractivity contribution is 6.84. The lowest BCUT2D eigenvalue weighted by molar-refractivity contribution is 0.0696. The van der Waals surface area contributed by atoms with Crippen LogP contribution in [0.5, 0.6) is 11.5 Å². The second-order valence-electron chi connectivity index (χ2n) is 10.5. The average molecular weight is 541 g/mol. The molecule has 0 aliphatic heterocycles. The van der Waals surface area contributed by atoms with Crippen molar-refractivity contribution in [3.63, 3.8) is 0 Å². The van der Waals surface area contributed by atoms with Crippen LogP contribution in [0.15, 0.2) is 66.7 Å². The zero-order valence-electron chi connectivity index (χ0n) is 22.8. The highest BCUT2D eigenvalue weighted by Crippen LogP contribution is 2.20. The summed E-state index contributed by atoms with van der Waals surface area (Å²) >= 11 is 0. The van der Waals surface area contributed by atoms with E-state index in [0.29, 0.717) is 18.0 Å². The third-order valence-electron chi connectivity index (χ3n) is 5.24. The molecule has 0 unspecified atom stereocenters. The molecule has 0 atom stereocenters. The van der Waals surface area contributed by atoms with Crippen LogP contribution in [-0.2, 0) is 4.12 Å². The molecule has 1 N–H and O–H groups in total. The summed E-state index contributed by atoms with van der Waals surface area (Å²) in [5, 5.41) is 8.63. The first-order chi connectivity index (χ1) is 16.7. The predicted molar refractivity (Wildman–Crippen MR) is 159 cm³/mol. The Labute approximate surface area is 225 Å². The van der Waals surface area contributed by atoms with E-state index < -0.39 is 22.6 Å². The maximum atomic E-state index is 10.5. The molecule has 37 heavy (non-hydrogen) atoms. The molecule has 3 aromatic rings. The Bertz CT molecular complexity index is 1040. The Morgan fingerprint density at radius 2 is 1.00 bits per heavy atom. The summed E-state index contributed by atoms with van der Waals surface area (Å²) in [6.07, 6.45) is 1.30. The Morgan fingerprint density at radius 3 is 1.32 bits per heavy atom. The van der Waals surface area contributed by atoms with Gasteiger partial charge >= 0.3 is 5.97 Å². The quantitative estimate of drug-likeness (QED) is 0.279. The molecule has 0 aliphatic carbocycles. The normalized spacial score (nSPS) is 11.0. The van der Waals surface area contributed by atoms with Crippen molar-refractivity contribution in [2.45, 2.75) is 61.3 Å². The highest BCUT2D eigenvalue weighted by Gasteiger charge is 2.34. The van der Waals surface area contributed by atoms with Crippen molar-refractivity contribution in [2.75, 3.05) is 12.5 Å². The number of hydrogen-bond donors (Lipinski definition) is 1. The van der Waals surface area contributed by atoms with E-state index >= 15 is 0 Å². The maximum absolute atomic E-state index is 10.5. The number of ether oxygens (including phenoxy) is 2. The fraction of sp³-hybridized carbons (Fsp3) is 0.367. The largest absolute Gasteiger partial charge is 0.494 e. The molecule has 0 spiro atoms. The molecule has 0 amide bonds. The number of hydrogen-bond acceptors (Lipinski definition) is 4. The molecule has 7 heteroatoms. The summed E-state index contributed by atoms with van der Waals surface area (Å²) in [6.45, 7) is 16.8. The molecule has 0 fully saturated rings. The minimum absolute atomic E-state index is 0. The van der Waals surface area contributed by atoms with Crippen LogP contribution in [0.3, 0.4) is 0 Å². The molecule has 0 saturated heterocycles. The minimum atomic E-state index is -1.92. The molecule has 202 valence electrons. The predicted octanol–water partition coefficient (Wildman–Crippen LogP) is 7.90. The number of aryl methyl sites for hydroxylation is 4. The topological polar surface area (TPSA) is 65.0 Å². The van der Waals surface area contributed by atoms with Crippen LogP contribution in [0.2, 0.25) is 26.2 Å². The van der Waals surface area contributed by atoms with Crippen LogP contribution in [0, 0.1) is 27.7 Å². The van der Waals surface area contributed by atoms with E-state index in [2.05, 4.69) is 64.3 Å². The molecule has 5 nitrogen and oxygen atoms in total. The Morgan fingerprint density at radius 1 is 0.649 bits per heavy atom. The van der Waals surface area contributed by atoms with Gasteiger partial charge in [-0.3, -0.25) is 0 Å². The third kappa shape index (κ3) is 12.3. The van der Waals surface area contributed by atoms with Crippen LogP contribution in [0.25, 0.3) is 0 Å². The Hall–Kier alpha value is -2.88. The van der Waals surface area contributed by atoms with Gasteiger partial charge in [0.05, 0.1) is 5.56 Å². The van der Waals surface area contributed by atoms with E-state index in [9.17, 15) is 4.79 Å². The molecule has 0 aliphatic rings. The van der Waals surface area contributed by atoms with Crippen molar-refractivity contribution >= 4 is 22.6 Å². The molecule has 0 aromatic heterocycles. The van der Waals surface area contributed by atoms with Crippen molar-refractivity contribution in [3.8, 4) is 11.5 Å². The van der Waals surface area contributed by atoms with Crippen molar-refractivity contribution < 1.29 is 23.5 Å². The highest BCUT2D eigenvalue weighted by atomic mass is 28.4.